The van der Waals surface area contributed by atoms with Crippen molar-refractivity contribution in [2.24, 2.45) is 0 Å². The summed E-state index contributed by atoms with van der Waals surface area (Å²) < 4.78 is 25.9. The summed E-state index contributed by atoms with van der Waals surface area (Å²) in [4.78, 5) is 52.6. The van der Waals surface area contributed by atoms with E-state index in [9.17, 15) is 19.2 Å². The van der Waals surface area contributed by atoms with Crippen LogP contribution in [0.15, 0.2) is 0 Å². The fourth-order valence-electron chi connectivity index (χ4n) is 4.93. The van der Waals surface area contributed by atoms with E-state index in [2.05, 4.69) is 45.2 Å². The van der Waals surface area contributed by atoms with Crippen LogP contribution < -0.4 is 0 Å². The lowest BCUT2D eigenvalue weighted by molar-refractivity contribution is 0.0445. The fraction of sp³-hybridized carbons (Fsp3) is 0.625. The van der Waals surface area contributed by atoms with Gasteiger partial charge in [0.2, 0.25) is 0 Å². The normalized spacial score (nSPS) is 11.8. The Hall–Kier alpha value is -2.10. The van der Waals surface area contributed by atoms with E-state index in [1.165, 1.54) is 9.13 Å². The number of rotatable bonds is 11. The molecular weight excluding hydrogens is 794 g/mol. The lowest BCUT2D eigenvalue weighted by atomic mass is 9.99. The molecule has 0 aromatic carbocycles. The zero-order chi connectivity index (χ0) is 33.6. The van der Waals surface area contributed by atoms with Gasteiger partial charge in [0.15, 0.2) is 0 Å². The summed E-state index contributed by atoms with van der Waals surface area (Å²) in [6, 6.07) is 0. The molecule has 0 aliphatic heterocycles. The predicted molar refractivity (Wildman–Crippen MR) is 185 cm³/mol. The Morgan fingerprint density at radius 3 is 1.16 bits per heavy atom. The molecule has 0 fully saturated rings. The number of halogens is 2. The first kappa shape index (κ1) is 38.1. The number of nitrogens with zero attached hydrogens (tertiary/aromatic N) is 2. The second kappa shape index (κ2) is 15.9. The van der Waals surface area contributed by atoms with Crippen molar-refractivity contribution in [3.63, 3.8) is 0 Å². The first-order chi connectivity index (χ1) is 20.4. The Morgan fingerprint density at radius 1 is 0.591 bits per heavy atom. The molecule has 0 saturated heterocycles. The number of esters is 2. The Balaban J connectivity index is 2.46. The molecule has 0 bridgehead atoms. The van der Waals surface area contributed by atoms with Crippen LogP contribution in [0.5, 0.6) is 0 Å². The average Bonchev–Trinajstić information content (AvgIpc) is 3.35. The van der Waals surface area contributed by atoms with Crippen LogP contribution in [-0.4, -0.2) is 57.7 Å². The zero-order valence-electron chi connectivity index (χ0n) is 27.6. The molecule has 0 aliphatic carbocycles. The van der Waals surface area contributed by atoms with Crippen molar-refractivity contribution < 1.29 is 38.1 Å². The Labute approximate surface area is 288 Å². The molecule has 0 amide bonds. The van der Waals surface area contributed by atoms with E-state index in [1.807, 2.05) is 13.8 Å². The van der Waals surface area contributed by atoms with Crippen LogP contribution in [0.4, 0.5) is 9.59 Å². The van der Waals surface area contributed by atoms with Crippen molar-refractivity contribution >= 4 is 69.3 Å². The highest BCUT2D eigenvalue weighted by molar-refractivity contribution is 14.1. The van der Waals surface area contributed by atoms with Crippen molar-refractivity contribution in [2.75, 3.05) is 13.2 Å². The number of hydrogen-bond acceptors (Lipinski definition) is 8. The van der Waals surface area contributed by atoms with Gasteiger partial charge in [0.1, 0.15) is 22.6 Å². The monoisotopic (exact) mass is 840 g/mol. The first-order valence-electron chi connectivity index (χ1n) is 15.1. The van der Waals surface area contributed by atoms with Crippen molar-refractivity contribution in [2.45, 2.75) is 119 Å². The molecule has 44 heavy (non-hydrogen) atoms. The van der Waals surface area contributed by atoms with Gasteiger partial charge in [-0.15, -0.1) is 0 Å². The van der Waals surface area contributed by atoms with Crippen molar-refractivity contribution in [1.29, 1.82) is 0 Å². The molecule has 10 nitrogen and oxygen atoms in total. The second-order valence-electron chi connectivity index (χ2n) is 12.2. The van der Waals surface area contributed by atoms with Crippen LogP contribution in [0.3, 0.4) is 0 Å². The topological polar surface area (TPSA) is 115 Å². The standard InChI is InChI=1S/C32H46I2N2O8/c1-11-19-21(25(33)35(23(19)27(37)41-13-3)29(39)43-31(5,6)7)17-15-16-18-22-20(12-2)24(28(38)42-14-4)36(26(22)34)30(40)44-32(8,9)10/h11-18H2,1-10H3. The third-order valence-electron chi connectivity index (χ3n) is 6.54. The molecule has 246 valence electrons. The third kappa shape index (κ3) is 9.23. The minimum Gasteiger partial charge on any atom is -0.461 e. The van der Waals surface area contributed by atoms with E-state index in [4.69, 9.17) is 18.9 Å². The SMILES string of the molecule is CCOC(=O)c1c(CC)c(CCCCc2c(CC)c(C(=O)OCC)n(C(=O)OC(C)(C)C)c2I)c(I)n1C(=O)OC(C)(C)C. The van der Waals surface area contributed by atoms with Crippen molar-refractivity contribution in [3.8, 4) is 0 Å². The summed E-state index contributed by atoms with van der Waals surface area (Å²) in [5, 5.41) is 0. The molecule has 0 aliphatic rings. The quantitative estimate of drug-likeness (QED) is 0.0966. The van der Waals surface area contributed by atoms with Gasteiger partial charge in [-0.2, -0.15) is 0 Å². The highest BCUT2D eigenvalue weighted by Gasteiger charge is 2.33. The number of carbonyl (C=O) groups excluding carboxylic acids is 4. The smallest absolute Gasteiger partial charge is 0.420 e. The van der Waals surface area contributed by atoms with Gasteiger partial charge >= 0.3 is 24.1 Å². The van der Waals surface area contributed by atoms with E-state index in [0.717, 1.165) is 35.1 Å². The van der Waals surface area contributed by atoms with Gasteiger partial charge in [-0.1, -0.05) is 13.8 Å². The lowest BCUT2D eigenvalue weighted by Gasteiger charge is -2.21. The Bertz CT molecular complexity index is 1270. The first-order valence-corrected chi connectivity index (χ1v) is 17.2. The maximum absolute atomic E-state index is 13.2. The van der Waals surface area contributed by atoms with Gasteiger partial charge in [-0.3, -0.25) is 0 Å². The minimum atomic E-state index is -0.741. The Kier molecular flexibility index (Phi) is 13.8. The van der Waals surface area contributed by atoms with E-state index in [-0.39, 0.29) is 24.6 Å². The summed E-state index contributed by atoms with van der Waals surface area (Å²) in [7, 11) is 0. The summed E-state index contributed by atoms with van der Waals surface area (Å²) >= 11 is 4.21. The fourth-order valence-corrected chi connectivity index (χ4v) is 7.00. The molecular formula is C32H46I2N2O8. The molecule has 0 atom stereocenters. The number of carbonyl (C=O) groups is 4. The largest absolute Gasteiger partial charge is 0.461 e. The molecule has 0 radical (unpaired) electrons. The number of aromatic nitrogens is 2. The summed E-state index contributed by atoms with van der Waals surface area (Å²) in [6.45, 7) is 18.4. The molecule has 0 spiro atoms. The average molecular weight is 841 g/mol. The molecule has 2 rings (SSSR count). The second-order valence-corrected chi connectivity index (χ2v) is 14.2. The highest BCUT2D eigenvalue weighted by atomic mass is 127. The number of ether oxygens (including phenoxy) is 4. The number of hydrogen-bond donors (Lipinski definition) is 0. The van der Waals surface area contributed by atoms with Gasteiger partial charge in [0, 0.05) is 0 Å². The van der Waals surface area contributed by atoms with Gasteiger partial charge in [-0.05, 0) is 161 Å². The van der Waals surface area contributed by atoms with Crippen LogP contribution in [0.2, 0.25) is 0 Å². The molecule has 2 aromatic rings. The summed E-state index contributed by atoms with van der Waals surface area (Å²) in [6.07, 6.45) is 2.51. The van der Waals surface area contributed by atoms with Crippen molar-refractivity contribution in [1.82, 2.24) is 9.13 Å². The lowest BCUT2D eigenvalue weighted by Crippen LogP contribution is -2.30. The van der Waals surface area contributed by atoms with Gasteiger partial charge < -0.3 is 18.9 Å². The van der Waals surface area contributed by atoms with Crippen LogP contribution in [0, 0.1) is 7.40 Å². The zero-order valence-corrected chi connectivity index (χ0v) is 31.9. The minimum absolute atomic E-state index is 0.183. The third-order valence-corrected chi connectivity index (χ3v) is 8.81. The highest BCUT2D eigenvalue weighted by Crippen LogP contribution is 2.32. The van der Waals surface area contributed by atoms with Gasteiger partial charge in [0.25, 0.3) is 0 Å². The van der Waals surface area contributed by atoms with E-state index in [0.29, 0.717) is 33.1 Å². The molecule has 12 heteroatoms. The predicted octanol–water partition coefficient (Wildman–Crippen LogP) is 8.11. The molecule has 0 N–H and O–H groups in total. The molecule has 2 aromatic heterocycles. The number of unbranched alkanes of at least 4 members (excludes halogenated alkanes) is 1. The molecule has 0 unspecified atom stereocenters. The Morgan fingerprint density at radius 2 is 0.909 bits per heavy atom. The summed E-state index contributed by atoms with van der Waals surface area (Å²) in [5.41, 5.74) is 2.28. The van der Waals surface area contributed by atoms with E-state index >= 15 is 0 Å². The van der Waals surface area contributed by atoms with E-state index in [1.54, 1.807) is 55.4 Å². The van der Waals surface area contributed by atoms with Crippen LogP contribution in [-0.2, 0) is 44.6 Å². The maximum Gasteiger partial charge on any atom is 0.420 e. The molecule has 0 saturated carbocycles. The summed E-state index contributed by atoms with van der Waals surface area (Å²) in [5.74, 6) is -1.12. The van der Waals surface area contributed by atoms with Gasteiger partial charge in [0.05, 0.1) is 20.6 Å². The van der Waals surface area contributed by atoms with Gasteiger partial charge in [-0.25, -0.2) is 28.3 Å². The van der Waals surface area contributed by atoms with Crippen LogP contribution in [0.25, 0.3) is 0 Å². The maximum atomic E-state index is 13.2. The molecule has 2 heterocycles. The van der Waals surface area contributed by atoms with Crippen LogP contribution in [0.1, 0.15) is 125 Å². The van der Waals surface area contributed by atoms with Crippen LogP contribution >= 0.6 is 45.2 Å². The van der Waals surface area contributed by atoms with Crippen molar-refractivity contribution in [3.05, 3.63) is 41.0 Å². The van der Waals surface area contributed by atoms with E-state index < -0.39 is 35.3 Å².